The van der Waals surface area contributed by atoms with Crippen molar-refractivity contribution in [1.82, 2.24) is 0 Å². The van der Waals surface area contributed by atoms with Gasteiger partial charge in [0, 0.05) is 0 Å². The summed E-state index contributed by atoms with van der Waals surface area (Å²) in [5.41, 5.74) is 0.290. The van der Waals surface area contributed by atoms with E-state index in [0.717, 1.165) is 12.8 Å². The lowest BCUT2D eigenvalue weighted by atomic mass is 9.78. The molecule has 1 aliphatic rings. The van der Waals surface area contributed by atoms with Gasteiger partial charge in [-0.15, -0.1) is 0 Å². The second-order valence-electron chi connectivity index (χ2n) is 6.94. The second-order valence-corrected chi connectivity index (χ2v) is 6.94. The number of Topliss-reactive ketones (excluding diaryl/α,β-unsaturated/α-hetero) is 1. The van der Waals surface area contributed by atoms with Gasteiger partial charge in [-0.1, -0.05) is 27.7 Å². The third-order valence-electron chi connectivity index (χ3n) is 3.86. The molecular formula is C18H26O3. The highest BCUT2D eigenvalue weighted by atomic mass is 16.5. The van der Waals surface area contributed by atoms with Crippen molar-refractivity contribution in [1.29, 1.82) is 0 Å². The molecule has 0 N–H and O–H groups in total. The Morgan fingerprint density at radius 2 is 1.81 bits per heavy atom. The van der Waals surface area contributed by atoms with Crippen molar-refractivity contribution in [3.63, 3.8) is 0 Å². The summed E-state index contributed by atoms with van der Waals surface area (Å²) in [4.78, 5) is 12.6. The SMILES string of the molecule is COc1ccc2c(c1)C(=O)CC(CC(C)C)(CC(C)C)O2. The van der Waals surface area contributed by atoms with Gasteiger partial charge in [0.05, 0.1) is 19.1 Å². The normalized spacial score (nSPS) is 16.8. The Balaban J connectivity index is 2.36. The highest BCUT2D eigenvalue weighted by molar-refractivity contribution is 6.00. The number of carbonyl (C=O) groups excluding carboxylic acids is 1. The van der Waals surface area contributed by atoms with E-state index in [1.807, 2.05) is 12.1 Å². The van der Waals surface area contributed by atoms with Crippen molar-refractivity contribution in [2.75, 3.05) is 7.11 Å². The van der Waals surface area contributed by atoms with Crippen LogP contribution in [-0.2, 0) is 0 Å². The molecule has 0 saturated carbocycles. The average Bonchev–Trinajstić information content (AvgIpc) is 2.36. The minimum Gasteiger partial charge on any atom is -0.497 e. The standard InChI is InChI=1S/C18H26O3/c1-12(2)9-18(10-13(3)4)11-16(19)15-8-14(20-5)6-7-17(15)21-18/h6-8,12-13H,9-11H2,1-5H3. The Morgan fingerprint density at radius 3 is 2.33 bits per heavy atom. The molecule has 21 heavy (non-hydrogen) atoms. The lowest BCUT2D eigenvalue weighted by Crippen LogP contribution is -2.44. The molecular weight excluding hydrogens is 264 g/mol. The fraction of sp³-hybridized carbons (Fsp3) is 0.611. The number of fused-ring (bicyclic) bond motifs is 1. The highest BCUT2D eigenvalue weighted by Crippen LogP contribution is 2.41. The summed E-state index contributed by atoms with van der Waals surface area (Å²) >= 11 is 0. The molecule has 0 aromatic heterocycles. The monoisotopic (exact) mass is 290 g/mol. The van der Waals surface area contributed by atoms with Gasteiger partial charge in [0.25, 0.3) is 0 Å². The first kappa shape index (κ1) is 15.9. The zero-order valence-electron chi connectivity index (χ0n) is 13.7. The number of benzene rings is 1. The average molecular weight is 290 g/mol. The number of hydrogen-bond donors (Lipinski definition) is 0. The lowest BCUT2D eigenvalue weighted by molar-refractivity contribution is 0.0105. The lowest BCUT2D eigenvalue weighted by Gasteiger charge is -2.40. The van der Waals surface area contributed by atoms with Gasteiger partial charge in [-0.3, -0.25) is 4.79 Å². The number of hydrogen-bond acceptors (Lipinski definition) is 3. The number of ether oxygens (including phenoxy) is 2. The van der Waals surface area contributed by atoms with Crippen LogP contribution in [-0.4, -0.2) is 18.5 Å². The van der Waals surface area contributed by atoms with E-state index in [0.29, 0.717) is 35.3 Å². The van der Waals surface area contributed by atoms with Crippen LogP contribution in [0.4, 0.5) is 0 Å². The van der Waals surface area contributed by atoms with Crippen molar-refractivity contribution in [2.45, 2.75) is 52.6 Å². The first-order valence-corrected chi connectivity index (χ1v) is 7.75. The zero-order valence-corrected chi connectivity index (χ0v) is 13.7. The van der Waals surface area contributed by atoms with Crippen LogP contribution in [0.25, 0.3) is 0 Å². The number of methoxy groups -OCH3 is 1. The number of carbonyl (C=O) groups is 1. The minimum atomic E-state index is -0.360. The number of ketones is 1. The molecule has 1 aromatic rings. The van der Waals surface area contributed by atoms with E-state index in [9.17, 15) is 4.79 Å². The molecule has 0 atom stereocenters. The highest BCUT2D eigenvalue weighted by Gasteiger charge is 2.41. The maximum absolute atomic E-state index is 12.6. The molecule has 2 rings (SSSR count). The Labute approximate surface area is 127 Å². The van der Waals surface area contributed by atoms with Crippen LogP contribution < -0.4 is 9.47 Å². The summed E-state index contributed by atoms with van der Waals surface area (Å²) < 4.78 is 11.5. The molecule has 0 amide bonds. The van der Waals surface area contributed by atoms with Crippen LogP contribution in [0.2, 0.25) is 0 Å². The molecule has 0 radical (unpaired) electrons. The van der Waals surface area contributed by atoms with Gasteiger partial charge >= 0.3 is 0 Å². The molecule has 1 aromatic carbocycles. The van der Waals surface area contributed by atoms with Gasteiger partial charge in [0.2, 0.25) is 0 Å². The van der Waals surface area contributed by atoms with Crippen molar-refractivity contribution < 1.29 is 14.3 Å². The van der Waals surface area contributed by atoms with Gasteiger partial charge in [-0.25, -0.2) is 0 Å². The van der Waals surface area contributed by atoms with Crippen molar-refractivity contribution in [2.24, 2.45) is 11.8 Å². The van der Waals surface area contributed by atoms with Crippen LogP contribution in [0.5, 0.6) is 11.5 Å². The molecule has 0 saturated heterocycles. The van der Waals surface area contributed by atoms with Gasteiger partial charge in [-0.2, -0.15) is 0 Å². The quantitative estimate of drug-likeness (QED) is 0.801. The molecule has 1 aliphatic heterocycles. The van der Waals surface area contributed by atoms with Crippen LogP contribution in [0.15, 0.2) is 18.2 Å². The first-order valence-electron chi connectivity index (χ1n) is 7.75. The summed E-state index contributed by atoms with van der Waals surface area (Å²) in [6.07, 6.45) is 2.27. The number of rotatable bonds is 5. The Morgan fingerprint density at radius 1 is 1.19 bits per heavy atom. The Bertz CT molecular complexity index is 507. The van der Waals surface area contributed by atoms with Crippen LogP contribution in [0.3, 0.4) is 0 Å². The summed E-state index contributed by atoms with van der Waals surface area (Å²) in [6, 6.07) is 5.50. The Kier molecular flexibility index (Phi) is 4.60. The Hall–Kier alpha value is -1.51. The molecule has 3 nitrogen and oxygen atoms in total. The summed E-state index contributed by atoms with van der Waals surface area (Å²) in [6.45, 7) is 8.72. The molecule has 0 aliphatic carbocycles. The molecule has 0 spiro atoms. The van der Waals surface area contributed by atoms with Gasteiger partial charge in [0.15, 0.2) is 5.78 Å². The van der Waals surface area contributed by atoms with E-state index >= 15 is 0 Å². The molecule has 0 bridgehead atoms. The van der Waals surface area contributed by atoms with Gasteiger partial charge < -0.3 is 9.47 Å². The molecule has 0 unspecified atom stereocenters. The van der Waals surface area contributed by atoms with Crippen molar-refractivity contribution in [3.8, 4) is 11.5 Å². The van der Waals surface area contributed by atoms with Gasteiger partial charge in [-0.05, 0) is 42.9 Å². The van der Waals surface area contributed by atoms with E-state index in [1.165, 1.54) is 0 Å². The maximum Gasteiger partial charge on any atom is 0.170 e. The zero-order chi connectivity index (χ0) is 15.6. The van der Waals surface area contributed by atoms with Crippen molar-refractivity contribution >= 4 is 5.78 Å². The summed E-state index contributed by atoms with van der Waals surface area (Å²) in [5.74, 6) is 2.56. The van der Waals surface area contributed by atoms with E-state index in [1.54, 1.807) is 13.2 Å². The molecule has 116 valence electrons. The van der Waals surface area contributed by atoms with E-state index < -0.39 is 0 Å². The van der Waals surface area contributed by atoms with E-state index in [4.69, 9.17) is 9.47 Å². The molecule has 1 heterocycles. The largest absolute Gasteiger partial charge is 0.497 e. The first-order chi connectivity index (χ1) is 9.85. The molecule has 0 fully saturated rings. The maximum atomic E-state index is 12.6. The van der Waals surface area contributed by atoms with Gasteiger partial charge in [0.1, 0.15) is 17.1 Å². The predicted octanol–water partition coefficient (Wildman–Crippen LogP) is 4.49. The third kappa shape index (κ3) is 3.58. The minimum absolute atomic E-state index is 0.163. The molecule has 3 heteroatoms. The van der Waals surface area contributed by atoms with Crippen LogP contribution in [0.1, 0.15) is 57.3 Å². The summed E-state index contributed by atoms with van der Waals surface area (Å²) in [7, 11) is 1.61. The van der Waals surface area contributed by atoms with Crippen LogP contribution >= 0.6 is 0 Å². The smallest absolute Gasteiger partial charge is 0.170 e. The second kappa shape index (κ2) is 6.08. The van der Waals surface area contributed by atoms with E-state index in [-0.39, 0.29) is 11.4 Å². The van der Waals surface area contributed by atoms with Crippen molar-refractivity contribution in [3.05, 3.63) is 23.8 Å². The fourth-order valence-corrected chi connectivity index (χ4v) is 3.40. The third-order valence-corrected chi connectivity index (χ3v) is 3.86. The van der Waals surface area contributed by atoms with Crippen LogP contribution in [0, 0.1) is 11.8 Å². The summed E-state index contributed by atoms with van der Waals surface area (Å²) in [5, 5.41) is 0. The predicted molar refractivity (Wildman–Crippen MR) is 84.2 cm³/mol. The topological polar surface area (TPSA) is 35.5 Å². The fourth-order valence-electron chi connectivity index (χ4n) is 3.40. The van der Waals surface area contributed by atoms with E-state index in [2.05, 4.69) is 27.7 Å².